The smallest absolute Gasteiger partial charge is 0.304 e. The maximum Gasteiger partial charge on any atom is 0.304 e. The zero-order chi connectivity index (χ0) is 10.7. The first-order valence-corrected chi connectivity index (χ1v) is 5.22. The third kappa shape index (κ3) is 2.69. The van der Waals surface area contributed by atoms with E-state index in [0.717, 1.165) is 13.1 Å². The molecule has 1 saturated heterocycles. The number of carboxylic acid groups (broad SMARTS) is 1. The Morgan fingerprint density at radius 1 is 1.57 bits per heavy atom. The number of rotatable bonds is 3. The molecule has 0 spiro atoms. The van der Waals surface area contributed by atoms with Crippen molar-refractivity contribution in [3.8, 4) is 0 Å². The average Bonchev–Trinajstić information content (AvgIpc) is 2.01. The molecule has 0 saturated carbocycles. The zero-order valence-electron chi connectivity index (χ0n) is 9.16. The lowest BCUT2D eigenvalue weighted by molar-refractivity contribution is -0.139. The van der Waals surface area contributed by atoms with Gasteiger partial charge in [0, 0.05) is 31.2 Å². The fourth-order valence-electron chi connectivity index (χ4n) is 2.34. The van der Waals surface area contributed by atoms with Gasteiger partial charge in [-0.1, -0.05) is 0 Å². The molecule has 0 aromatic carbocycles. The predicted molar refractivity (Wildman–Crippen MR) is 55.3 cm³/mol. The van der Waals surface area contributed by atoms with Crippen LogP contribution in [0.1, 0.15) is 27.2 Å². The fourth-order valence-corrected chi connectivity index (χ4v) is 2.34. The van der Waals surface area contributed by atoms with Crippen LogP contribution in [0.3, 0.4) is 0 Å². The highest BCUT2D eigenvalue weighted by molar-refractivity contribution is 5.67. The molecule has 4 heteroatoms. The first kappa shape index (κ1) is 11.5. The Kier molecular flexibility index (Phi) is 3.89. The Morgan fingerprint density at radius 2 is 2.21 bits per heavy atom. The third-order valence-corrected chi connectivity index (χ3v) is 2.76. The molecule has 1 aliphatic heterocycles. The van der Waals surface area contributed by atoms with E-state index in [2.05, 4.69) is 31.0 Å². The van der Waals surface area contributed by atoms with Gasteiger partial charge >= 0.3 is 5.97 Å². The standard InChI is InChI=1S/C10H20N2O2/c1-7(2)12-8(3)5-11-6-9(12)4-10(13)14/h7-9,11H,4-6H2,1-3H3,(H,13,14). The van der Waals surface area contributed by atoms with Gasteiger partial charge in [0.05, 0.1) is 6.42 Å². The summed E-state index contributed by atoms with van der Waals surface area (Å²) in [5.41, 5.74) is 0. The minimum atomic E-state index is -0.712. The Balaban J connectivity index is 2.64. The molecule has 82 valence electrons. The normalized spacial score (nSPS) is 29.4. The molecular formula is C10H20N2O2. The molecular weight excluding hydrogens is 180 g/mol. The number of carboxylic acids is 1. The number of hydrogen-bond donors (Lipinski definition) is 2. The van der Waals surface area contributed by atoms with E-state index < -0.39 is 5.97 Å². The Hall–Kier alpha value is -0.610. The Bertz CT molecular complexity index is 206. The molecule has 1 heterocycles. The number of nitrogens with one attached hydrogen (secondary N) is 1. The molecule has 0 bridgehead atoms. The monoisotopic (exact) mass is 200 g/mol. The molecule has 1 aliphatic rings. The summed E-state index contributed by atoms with van der Waals surface area (Å²) in [5, 5.41) is 12.1. The van der Waals surface area contributed by atoms with Crippen molar-refractivity contribution in [1.82, 2.24) is 10.2 Å². The van der Waals surface area contributed by atoms with Crippen molar-refractivity contribution >= 4 is 5.97 Å². The minimum absolute atomic E-state index is 0.135. The topological polar surface area (TPSA) is 52.6 Å². The molecule has 2 N–H and O–H groups in total. The summed E-state index contributed by atoms with van der Waals surface area (Å²) >= 11 is 0. The third-order valence-electron chi connectivity index (χ3n) is 2.76. The SMILES string of the molecule is CC(C)N1C(C)CNCC1CC(=O)O. The van der Waals surface area contributed by atoms with Crippen LogP contribution in [0.2, 0.25) is 0 Å². The lowest BCUT2D eigenvalue weighted by Gasteiger charge is -2.43. The van der Waals surface area contributed by atoms with E-state index in [9.17, 15) is 4.79 Å². The van der Waals surface area contributed by atoms with Gasteiger partial charge in [0.15, 0.2) is 0 Å². The van der Waals surface area contributed by atoms with Crippen LogP contribution >= 0.6 is 0 Å². The van der Waals surface area contributed by atoms with Crippen LogP contribution in [0.25, 0.3) is 0 Å². The van der Waals surface area contributed by atoms with Crippen molar-refractivity contribution in [3.05, 3.63) is 0 Å². The van der Waals surface area contributed by atoms with Gasteiger partial charge in [0.2, 0.25) is 0 Å². The number of nitrogens with zero attached hydrogens (tertiary/aromatic N) is 1. The van der Waals surface area contributed by atoms with Crippen LogP contribution in [0, 0.1) is 0 Å². The number of carbonyl (C=O) groups is 1. The van der Waals surface area contributed by atoms with Crippen molar-refractivity contribution in [3.63, 3.8) is 0 Å². The van der Waals surface area contributed by atoms with Gasteiger partial charge < -0.3 is 10.4 Å². The summed E-state index contributed by atoms with van der Waals surface area (Å²) in [6.45, 7) is 8.12. The van der Waals surface area contributed by atoms with Crippen LogP contribution in [0.5, 0.6) is 0 Å². The van der Waals surface area contributed by atoms with Crippen molar-refractivity contribution in [2.45, 2.75) is 45.3 Å². The maximum absolute atomic E-state index is 10.7. The highest BCUT2D eigenvalue weighted by atomic mass is 16.4. The van der Waals surface area contributed by atoms with E-state index in [1.165, 1.54) is 0 Å². The van der Waals surface area contributed by atoms with E-state index in [-0.39, 0.29) is 12.5 Å². The maximum atomic E-state index is 10.7. The van der Waals surface area contributed by atoms with Gasteiger partial charge in [-0.25, -0.2) is 0 Å². The van der Waals surface area contributed by atoms with Gasteiger partial charge in [0.1, 0.15) is 0 Å². The van der Waals surface area contributed by atoms with E-state index in [1.54, 1.807) is 0 Å². The van der Waals surface area contributed by atoms with Crippen molar-refractivity contribution in [2.24, 2.45) is 0 Å². The highest BCUT2D eigenvalue weighted by Crippen LogP contribution is 2.16. The van der Waals surface area contributed by atoms with Crippen molar-refractivity contribution < 1.29 is 9.90 Å². The summed E-state index contributed by atoms with van der Waals surface area (Å²) in [7, 11) is 0. The average molecular weight is 200 g/mol. The van der Waals surface area contributed by atoms with E-state index in [1.807, 2.05) is 0 Å². The lowest BCUT2D eigenvalue weighted by Crippen LogP contribution is -2.59. The molecule has 0 aromatic heterocycles. The van der Waals surface area contributed by atoms with Crippen molar-refractivity contribution in [1.29, 1.82) is 0 Å². The largest absolute Gasteiger partial charge is 0.481 e. The molecule has 14 heavy (non-hydrogen) atoms. The van der Waals surface area contributed by atoms with Gasteiger partial charge in [-0.15, -0.1) is 0 Å². The molecule has 0 amide bonds. The van der Waals surface area contributed by atoms with E-state index >= 15 is 0 Å². The fraction of sp³-hybridized carbons (Fsp3) is 0.900. The van der Waals surface area contributed by atoms with E-state index in [4.69, 9.17) is 5.11 Å². The zero-order valence-corrected chi connectivity index (χ0v) is 9.16. The number of piperazine rings is 1. The first-order chi connectivity index (χ1) is 6.52. The number of hydrogen-bond acceptors (Lipinski definition) is 3. The van der Waals surface area contributed by atoms with Crippen LogP contribution in [-0.4, -0.2) is 47.2 Å². The van der Waals surface area contributed by atoms with Crippen molar-refractivity contribution in [2.75, 3.05) is 13.1 Å². The molecule has 0 aliphatic carbocycles. The molecule has 2 atom stereocenters. The minimum Gasteiger partial charge on any atom is -0.481 e. The summed E-state index contributed by atoms with van der Waals surface area (Å²) < 4.78 is 0. The Morgan fingerprint density at radius 3 is 2.71 bits per heavy atom. The predicted octanol–water partition coefficient (Wildman–Crippen LogP) is 0.532. The van der Waals surface area contributed by atoms with Gasteiger partial charge in [0.25, 0.3) is 0 Å². The van der Waals surface area contributed by atoms with Crippen LogP contribution in [0.4, 0.5) is 0 Å². The molecule has 0 radical (unpaired) electrons. The summed E-state index contributed by atoms with van der Waals surface area (Å²) in [4.78, 5) is 13.0. The summed E-state index contributed by atoms with van der Waals surface area (Å²) in [5.74, 6) is -0.712. The molecule has 4 nitrogen and oxygen atoms in total. The van der Waals surface area contributed by atoms with Gasteiger partial charge in [-0.05, 0) is 20.8 Å². The van der Waals surface area contributed by atoms with Crippen LogP contribution < -0.4 is 5.32 Å². The van der Waals surface area contributed by atoms with Gasteiger partial charge in [-0.2, -0.15) is 0 Å². The summed E-state index contributed by atoms with van der Waals surface area (Å²) in [6, 6.07) is 0.973. The quantitative estimate of drug-likeness (QED) is 0.698. The molecule has 1 rings (SSSR count). The second-order valence-electron chi connectivity index (χ2n) is 4.30. The number of aliphatic carboxylic acids is 1. The first-order valence-electron chi connectivity index (χ1n) is 5.22. The van der Waals surface area contributed by atoms with Gasteiger partial charge in [-0.3, -0.25) is 9.69 Å². The second-order valence-corrected chi connectivity index (χ2v) is 4.30. The van der Waals surface area contributed by atoms with Crippen LogP contribution in [0.15, 0.2) is 0 Å². The van der Waals surface area contributed by atoms with Crippen LogP contribution in [-0.2, 0) is 4.79 Å². The highest BCUT2D eigenvalue weighted by Gasteiger charge is 2.30. The lowest BCUT2D eigenvalue weighted by atomic mass is 10.0. The Labute approximate surface area is 85.3 Å². The molecule has 1 fully saturated rings. The second kappa shape index (κ2) is 4.75. The molecule has 0 aromatic rings. The van der Waals surface area contributed by atoms with E-state index in [0.29, 0.717) is 12.1 Å². The summed E-state index contributed by atoms with van der Waals surface area (Å²) in [6.07, 6.45) is 0.232. The molecule has 2 unspecified atom stereocenters.